The highest BCUT2D eigenvalue weighted by Crippen LogP contribution is 2.20. The summed E-state index contributed by atoms with van der Waals surface area (Å²) in [6, 6.07) is 11.3. The average molecular weight is 354 g/mol. The Morgan fingerprint density at radius 2 is 1.77 bits per heavy atom. The van der Waals surface area contributed by atoms with Gasteiger partial charge in [-0.05, 0) is 42.5 Å². The molecule has 8 heteroatoms. The van der Waals surface area contributed by atoms with Crippen molar-refractivity contribution in [2.75, 3.05) is 24.8 Å². The molecule has 0 aliphatic rings. The average Bonchev–Trinajstić information content (AvgIpc) is 3.03. The quantitative estimate of drug-likeness (QED) is 0.653. The van der Waals surface area contributed by atoms with Gasteiger partial charge in [0.25, 0.3) is 5.91 Å². The van der Waals surface area contributed by atoms with Gasteiger partial charge in [0.1, 0.15) is 12.1 Å². The molecule has 3 N–H and O–H groups in total. The molecule has 0 atom stereocenters. The van der Waals surface area contributed by atoms with Crippen LogP contribution in [-0.2, 0) is 11.3 Å². The van der Waals surface area contributed by atoms with Gasteiger partial charge in [-0.25, -0.2) is 9.78 Å². The minimum absolute atomic E-state index is 0.185. The molecule has 0 aliphatic heterocycles. The van der Waals surface area contributed by atoms with Gasteiger partial charge >= 0.3 is 6.03 Å². The number of hydrogen-bond acceptors (Lipinski definition) is 5. The van der Waals surface area contributed by atoms with Crippen LogP contribution in [0.1, 0.15) is 16.2 Å². The summed E-state index contributed by atoms with van der Waals surface area (Å²) in [4.78, 5) is 27.9. The number of benzene rings is 2. The second-order valence-electron chi connectivity index (χ2n) is 5.46. The first-order chi connectivity index (χ1) is 12.6. The van der Waals surface area contributed by atoms with Crippen LogP contribution in [0.25, 0.3) is 11.1 Å². The SMILES string of the molecule is CNC(=O)c1ccc(NC(=O)Nc2ccc3oc(COC)nc3c2)cc1. The monoisotopic (exact) mass is 354 g/mol. The van der Waals surface area contributed by atoms with Crippen molar-refractivity contribution in [3.05, 3.63) is 53.9 Å². The molecule has 0 bridgehead atoms. The molecule has 134 valence electrons. The highest BCUT2D eigenvalue weighted by molar-refractivity contribution is 6.01. The van der Waals surface area contributed by atoms with Gasteiger partial charge in [-0.1, -0.05) is 0 Å². The molecule has 0 aliphatic carbocycles. The van der Waals surface area contributed by atoms with E-state index in [2.05, 4.69) is 20.9 Å². The molecule has 0 saturated carbocycles. The van der Waals surface area contributed by atoms with Gasteiger partial charge in [0.05, 0.1) is 0 Å². The predicted octanol–water partition coefficient (Wildman–Crippen LogP) is 2.98. The number of aromatic nitrogens is 1. The van der Waals surface area contributed by atoms with E-state index in [-0.39, 0.29) is 12.5 Å². The lowest BCUT2D eigenvalue weighted by Gasteiger charge is -2.08. The van der Waals surface area contributed by atoms with E-state index in [0.29, 0.717) is 33.9 Å². The predicted molar refractivity (Wildman–Crippen MR) is 97.2 cm³/mol. The summed E-state index contributed by atoms with van der Waals surface area (Å²) in [5.74, 6) is 0.287. The van der Waals surface area contributed by atoms with Crippen LogP contribution in [0, 0.1) is 0 Å². The molecule has 2 aromatic carbocycles. The number of nitrogens with one attached hydrogen (secondary N) is 3. The number of carbonyl (C=O) groups is 2. The van der Waals surface area contributed by atoms with Gasteiger partial charge in [0.2, 0.25) is 5.89 Å². The molecule has 1 heterocycles. The van der Waals surface area contributed by atoms with E-state index in [4.69, 9.17) is 9.15 Å². The molecule has 0 saturated heterocycles. The van der Waals surface area contributed by atoms with Crippen molar-refractivity contribution < 1.29 is 18.7 Å². The maximum Gasteiger partial charge on any atom is 0.323 e. The molecule has 0 spiro atoms. The van der Waals surface area contributed by atoms with Crippen LogP contribution in [0.4, 0.5) is 16.2 Å². The fraction of sp³-hybridized carbons (Fsp3) is 0.167. The number of oxazole rings is 1. The normalized spacial score (nSPS) is 10.5. The Kier molecular flexibility index (Phi) is 5.14. The Labute approximate surface area is 149 Å². The Morgan fingerprint density at radius 3 is 2.46 bits per heavy atom. The number of fused-ring (bicyclic) bond motifs is 1. The minimum atomic E-state index is -0.405. The number of carbonyl (C=O) groups excluding carboxylic acids is 2. The van der Waals surface area contributed by atoms with E-state index < -0.39 is 6.03 Å². The Bertz CT molecular complexity index is 934. The molecule has 26 heavy (non-hydrogen) atoms. The minimum Gasteiger partial charge on any atom is -0.438 e. The zero-order valence-corrected chi connectivity index (χ0v) is 14.3. The molecule has 0 unspecified atom stereocenters. The first-order valence-corrected chi connectivity index (χ1v) is 7.87. The van der Waals surface area contributed by atoms with Gasteiger partial charge in [-0.15, -0.1) is 0 Å². The first kappa shape index (κ1) is 17.4. The van der Waals surface area contributed by atoms with E-state index in [9.17, 15) is 9.59 Å². The van der Waals surface area contributed by atoms with Crippen molar-refractivity contribution in [3.8, 4) is 0 Å². The van der Waals surface area contributed by atoms with Crippen molar-refractivity contribution in [2.24, 2.45) is 0 Å². The lowest BCUT2D eigenvalue weighted by Crippen LogP contribution is -2.20. The third-order valence-electron chi connectivity index (χ3n) is 3.59. The molecule has 3 amide bonds. The van der Waals surface area contributed by atoms with Crippen LogP contribution in [0.3, 0.4) is 0 Å². The summed E-state index contributed by atoms with van der Waals surface area (Å²) < 4.78 is 10.5. The molecular weight excluding hydrogens is 336 g/mol. The zero-order chi connectivity index (χ0) is 18.5. The van der Waals surface area contributed by atoms with Crippen molar-refractivity contribution >= 4 is 34.4 Å². The topological polar surface area (TPSA) is 105 Å². The van der Waals surface area contributed by atoms with Crippen LogP contribution < -0.4 is 16.0 Å². The summed E-state index contributed by atoms with van der Waals surface area (Å²) >= 11 is 0. The van der Waals surface area contributed by atoms with Gasteiger partial charge in [-0.2, -0.15) is 0 Å². The molecule has 0 radical (unpaired) electrons. The molecule has 8 nitrogen and oxygen atoms in total. The number of hydrogen-bond donors (Lipinski definition) is 3. The third kappa shape index (κ3) is 3.98. The fourth-order valence-electron chi connectivity index (χ4n) is 2.38. The first-order valence-electron chi connectivity index (χ1n) is 7.87. The maximum absolute atomic E-state index is 12.1. The molecule has 3 aromatic rings. The number of rotatable bonds is 5. The second-order valence-corrected chi connectivity index (χ2v) is 5.46. The van der Waals surface area contributed by atoms with Crippen LogP contribution >= 0.6 is 0 Å². The van der Waals surface area contributed by atoms with Gasteiger partial charge in [0, 0.05) is 31.1 Å². The standard InChI is InChI=1S/C18H18N4O4/c1-19-17(23)11-3-5-12(6-4-11)20-18(24)21-13-7-8-15-14(9-13)22-16(26-15)10-25-2/h3-9H,10H2,1-2H3,(H,19,23)(H2,20,21,24). The molecule has 1 aromatic heterocycles. The Hall–Kier alpha value is -3.39. The van der Waals surface area contributed by atoms with E-state index in [1.807, 2.05) is 0 Å². The van der Waals surface area contributed by atoms with Gasteiger partial charge in [0.15, 0.2) is 5.58 Å². The van der Waals surface area contributed by atoms with E-state index in [1.165, 1.54) is 0 Å². The van der Waals surface area contributed by atoms with Crippen molar-refractivity contribution in [3.63, 3.8) is 0 Å². The fourth-order valence-corrected chi connectivity index (χ4v) is 2.38. The van der Waals surface area contributed by atoms with Crippen LogP contribution in [0.2, 0.25) is 0 Å². The highest BCUT2D eigenvalue weighted by Gasteiger charge is 2.09. The van der Waals surface area contributed by atoms with Crippen LogP contribution in [0.15, 0.2) is 46.9 Å². The van der Waals surface area contributed by atoms with E-state index >= 15 is 0 Å². The third-order valence-corrected chi connectivity index (χ3v) is 3.59. The van der Waals surface area contributed by atoms with Gasteiger partial charge < -0.3 is 25.1 Å². The van der Waals surface area contributed by atoms with Crippen LogP contribution in [-0.4, -0.2) is 31.1 Å². The number of methoxy groups -OCH3 is 1. The van der Waals surface area contributed by atoms with Crippen molar-refractivity contribution in [1.82, 2.24) is 10.3 Å². The largest absolute Gasteiger partial charge is 0.438 e. The molecule has 3 rings (SSSR count). The number of nitrogens with zero attached hydrogens (tertiary/aromatic N) is 1. The maximum atomic E-state index is 12.1. The van der Waals surface area contributed by atoms with Crippen molar-refractivity contribution in [1.29, 1.82) is 0 Å². The van der Waals surface area contributed by atoms with Crippen molar-refractivity contribution in [2.45, 2.75) is 6.61 Å². The lowest BCUT2D eigenvalue weighted by molar-refractivity contribution is 0.0963. The smallest absolute Gasteiger partial charge is 0.323 e. The summed E-state index contributed by atoms with van der Waals surface area (Å²) in [6.07, 6.45) is 0. The summed E-state index contributed by atoms with van der Waals surface area (Å²) in [5, 5.41) is 7.97. The van der Waals surface area contributed by atoms with E-state index in [0.717, 1.165) is 0 Å². The molecule has 0 fully saturated rings. The number of ether oxygens (including phenoxy) is 1. The Balaban J connectivity index is 1.65. The summed E-state index contributed by atoms with van der Waals surface area (Å²) in [6.45, 7) is 0.282. The lowest BCUT2D eigenvalue weighted by atomic mass is 10.2. The van der Waals surface area contributed by atoms with Gasteiger partial charge in [-0.3, -0.25) is 4.79 Å². The molecular formula is C18H18N4O4. The Morgan fingerprint density at radius 1 is 1.08 bits per heavy atom. The summed E-state index contributed by atoms with van der Waals surface area (Å²) in [5.41, 5.74) is 2.91. The number of urea groups is 1. The zero-order valence-electron chi connectivity index (χ0n) is 14.3. The van der Waals surface area contributed by atoms with Crippen LogP contribution in [0.5, 0.6) is 0 Å². The second kappa shape index (κ2) is 7.66. The number of anilines is 2. The summed E-state index contributed by atoms with van der Waals surface area (Å²) in [7, 11) is 3.12. The number of amides is 3. The highest BCUT2D eigenvalue weighted by atomic mass is 16.5. The van der Waals surface area contributed by atoms with E-state index in [1.54, 1.807) is 56.6 Å².